The number of carbonyl (C=O) groups is 1. The summed E-state index contributed by atoms with van der Waals surface area (Å²) in [7, 11) is 0. The first-order valence-electron chi connectivity index (χ1n) is 12.1. The number of anilines is 2. The zero-order valence-corrected chi connectivity index (χ0v) is 21.9. The molecule has 1 amide bonds. The highest BCUT2D eigenvalue weighted by atomic mass is 32.2. The van der Waals surface area contributed by atoms with Crippen LogP contribution >= 0.6 is 11.8 Å². The number of hydroxylamine groups is 2. The Bertz CT molecular complexity index is 1150. The van der Waals surface area contributed by atoms with E-state index in [-0.39, 0.29) is 5.91 Å². The zero-order valence-electron chi connectivity index (χ0n) is 21.1. The van der Waals surface area contributed by atoms with E-state index in [0.29, 0.717) is 59.1 Å². The minimum Gasteiger partial charge on any atom is -0.492 e. The van der Waals surface area contributed by atoms with Gasteiger partial charge in [0.15, 0.2) is 5.75 Å². The Hall–Kier alpha value is -2.68. The van der Waals surface area contributed by atoms with Crippen molar-refractivity contribution in [2.75, 3.05) is 18.1 Å². The maximum absolute atomic E-state index is 13.1. The van der Waals surface area contributed by atoms with Gasteiger partial charge in [-0.3, -0.25) is 14.9 Å². The molecule has 35 heavy (non-hydrogen) atoms. The molecule has 2 aromatic carbocycles. The predicted molar refractivity (Wildman–Crippen MR) is 139 cm³/mol. The SMILES string of the molecule is C=C1c2c(OCCC(C)C)c3c(c(OCCC(C)C)c2C(N)N1O)N(C(C)=O)c1ccccc1S3. The summed E-state index contributed by atoms with van der Waals surface area (Å²) in [5.41, 5.74) is 9.46. The molecule has 0 radical (unpaired) electrons. The molecule has 2 aromatic rings. The number of benzene rings is 2. The Morgan fingerprint density at radius 2 is 1.71 bits per heavy atom. The van der Waals surface area contributed by atoms with E-state index in [1.165, 1.54) is 18.7 Å². The largest absolute Gasteiger partial charge is 0.492 e. The number of nitrogens with zero attached hydrogens (tertiary/aromatic N) is 2. The molecular weight excluding hydrogens is 462 g/mol. The summed E-state index contributed by atoms with van der Waals surface area (Å²) in [6.45, 7) is 15.1. The molecule has 0 bridgehead atoms. The number of fused-ring (bicyclic) bond motifs is 3. The van der Waals surface area contributed by atoms with E-state index in [1.807, 2.05) is 24.3 Å². The number of carbonyl (C=O) groups excluding carboxylic acids is 1. The summed E-state index contributed by atoms with van der Waals surface area (Å²) in [5.74, 6) is 1.82. The molecule has 4 rings (SSSR count). The monoisotopic (exact) mass is 497 g/mol. The second kappa shape index (κ2) is 10.1. The van der Waals surface area contributed by atoms with Crippen LogP contribution in [0.25, 0.3) is 5.70 Å². The van der Waals surface area contributed by atoms with Crippen molar-refractivity contribution in [3.8, 4) is 11.5 Å². The van der Waals surface area contributed by atoms with E-state index in [9.17, 15) is 10.0 Å². The number of nitrogens with two attached hydrogens (primary N) is 1. The van der Waals surface area contributed by atoms with Crippen molar-refractivity contribution in [1.29, 1.82) is 0 Å². The quantitative estimate of drug-likeness (QED) is 0.441. The van der Waals surface area contributed by atoms with Crippen molar-refractivity contribution < 1.29 is 19.5 Å². The van der Waals surface area contributed by atoms with Gasteiger partial charge in [-0.05, 0) is 36.8 Å². The van der Waals surface area contributed by atoms with E-state index >= 15 is 0 Å². The van der Waals surface area contributed by atoms with Crippen molar-refractivity contribution in [1.82, 2.24) is 5.06 Å². The highest BCUT2D eigenvalue weighted by Gasteiger charge is 2.43. The average molecular weight is 498 g/mol. The van der Waals surface area contributed by atoms with E-state index < -0.39 is 6.17 Å². The third kappa shape index (κ3) is 4.62. The van der Waals surface area contributed by atoms with Crippen molar-refractivity contribution >= 4 is 34.7 Å². The van der Waals surface area contributed by atoms with Crippen LogP contribution < -0.4 is 20.1 Å². The lowest BCUT2D eigenvalue weighted by Gasteiger charge is -2.34. The van der Waals surface area contributed by atoms with Gasteiger partial charge in [0, 0.05) is 17.4 Å². The van der Waals surface area contributed by atoms with Gasteiger partial charge in [-0.1, -0.05) is 58.2 Å². The highest BCUT2D eigenvalue weighted by Crippen LogP contribution is 2.61. The third-order valence-electron chi connectivity index (χ3n) is 6.24. The summed E-state index contributed by atoms with van der Waals surface area (Å²) >= 11 is 1.53. The molecule has 1 unspecified atom stereocenters. The minimum absolute atomic E-state index is 0.146. The van der Waals surface area contributed by atoms with Gasteiger partial charge in [0.1, 0.15) is 17.6 Å². The van der Waals surface area contributed by atoms with Gasteiger partial charge >= 0.3 is 0 Å². The van der Waals surface area contributed by atoms with Gasteiger partial charge in [-0.15, -0.1) is 0 Å². The molecule has 8 heteroatoms. The van der Waals surface area contributed by atoms with Crippen molar-refractivity contribution in [2.45, 2.75) is 63.4 Å². The maximum atomic E-state index is 13.1. The highest BCUT2D eigenvalue weighted by molar-refractivity contribution is 7.99. The Morgan fingerprint density at radius 3 is 2.31 bits per heavy atom. The second-order valence-corrected chi connectivity index (χ2v) is 10.9. The lowest BCUT2D eigenvalue weighted by molar-refractivity contribution is -0.115. The molecule has 0 spiro atoms. The van der Waals surface area contributed by atoms with Crippen LogP contribution in [0.1, 0.15) is 64.8 Å². The number of ether oxygens (including phenoxy) is 2. The van der Waals surface area contributed by atoms with Crippen LogP contribution in [-0.4, -0.2) is 29.4 Å². The first-order chi connectivity index (χ1) is 16.6. The van der Waals surface area contributed by atoms with Crippen LogP contribution in [0, 0.1) is 11.8 Å². The topological polar surface area (TPSA) is 88.3 Å². The van der Waals surface area contributed by atoms with Crippen LogP contribution in [0.3, 0.4) is 0 Å². The molecule has 0 aliphatic carbocycles. The summed E-state index contributed by atoms with van der Waals surface area (Å²) in [5, 5.41) is 11.7. The molecule has 2 aliphatic heterocycles. The fourth-order valence-corrected chi connectivity index (χ4v) is 5.49. The number of para-hydroxylation sites is 1. The molecule has 0 fully saturated rings. The van der Waals surface area contributed by atoms with Gasteiger partial charge in [-0.2, -0.15) is 0 Å². The van der Waals surface area contributed by atoms with Crippen molar-refractivity contribution in [2.24, 2.45) is 17.6 Å². The molecule has 0 saturated heterocycles. The maximum Gasteiger partial charge on any atom is 0.228 e. The van der Waals surface area contributed by atoms with Crippen LogP contribution in [-0.2, 0) is 4.79 Å². The average Bonchev–Trinajstić information content (AvgIpc) is 3.02. The van der Waals surface area contributed by atoms with Crippen LogP contribution in [0.2, 0.25) is 0 Å². The fourth-order valence-electron chi connectivity index (χ4n) is 4.32. The van der Waals surface area contributed by atoms with Crippen LogP contribution in [0.4, 0.5) is 11.4 Å². The van der Waals surface area contributed by atoms with Crippen LogP contribution in [0.15, 0.2) is 40.6 Å². The van der Waals surface area contributed by atoms with Gasteiger partial charge < -0.3 is 15.2 Å². The molecule has 188 valence electrons. The van der Waals surface area contributed by atoms with Crippen LogP contribution in [0.5, 0.6) is 11.5 Å². The summed E-state index contributed by atoms with van der Waals surface area (Å²) in [4.78, 5) is 16.5. The van der Waals surface area contributed by atoms with E-state index in [0.717, 1.165) is 33.4 Å². The van der Waals surface area contributed by atoms with Crippen molar-refractivity contribution in [3.63, 3.8) is 0 Å². The summed E-state index contributed by atoms with van der Waals surface area (Å²) in [6, 6.07) is 7.78. The Kier molecular flexibility index (Phi) is 7.35. The zero-order chi connectivity index (χ0) is 25.4. The third-order valence-corrected chi connectivity index (χ3v) is 7.39. The minimum atomic E-state index is -0.889. The van der Waals surface area contributed by atoms with E-state index in [2.05, 4.69) is 34.3 Å². The normalized spacial score (nSPS) is 16.5. The Morgan fingerprint density at radius 1 is 1.11 bits per heavy atom. The number of amides is 1. The number of hydrogen-bond donors (Lipinski definition) is 2. The fraction of sp³-hybridized carbons (Fsp3) is 0.444. The standard InChI is InChI=1S/C27H35N3O4S/c1-15(2)11-13-33-24-22-21(17(5)30(32)27(22)28)25(34-14-12-16(3)4)26-23(24)29(18(6)31)19-9-7-8-10-20(19)35-26/h7-10,15-16,27,32H,5,11-14,28H2,1-4,6H3. The predicted octanol–water partition coefficient (Wildman–Crippen LogP) is 6.32. The first-order valence-corrected chi connectivity index (χ1v) is 12.9. The second-order valence-electron chi connectivity index (χ2n) is 9.85. The lowest BCUT2D eigenvalue weighted by Crippen LogP contribution is -2.28. The molecule has 2 heterocycles. The van der Waals surface area contributed by atoms with Crippen molar-refractivity contribution in [3.05, 3.63) is 42.0 Å². The summed E-state index contributed by atoms with van der Waals surface area (Å²) in [6.07, 6.45) is 0.800. The molecule has 0 saturated carbocycles. The van der Waals surface area contributed by atoms with E-state index in [1.54, 1.807) is 4.90 Å². The lowest BCUT2D eigenvalue weighted by atomic mass is 10.0. The van der Waals surface area contributed by atoms with Gasteiger partial charge in [-0.25, -0.2) is 5.06 Å². The first kappa shape index (κ1) is 25.4. The molecule has 1 atom stereocenters. The van der Waals surface area contributed by atoms with Gasteiger partial charge in [0.25, 0.3) is 0 Å². The Balaban J connectivity index is 1.99. The number of rotatable bonds is 8. The smallest absolute Gasteiger partial charge is 0.228 e. The molecule has 3 N–H and O–H groups in total. The molecule has 2 aliphatic rings. The molecule has 0 aromatic heterocycles. The molecular formula is C27H35N3O4S. The Labute approximate surface area is 211 Å². The van der Waals surface area contributed by atoms with Gasteiger partial charge in [0.05, 0.1) is 35.1 Å². The molecule has 7 nitrogen and oxygen atoms in total. The van der Waals surface area contributed by atoms with Gasteiger partial charge in [0.2, 0.25) is 5.91 Å². The van der Waals surface area contributed by atoms with E-state index in [4.69, 9.17) is 15.2 Å². The summed E-state index contributed by atoms with van der Waals surface area (Å²) < 4.78 is 12.8. The number of hydrogen-bond acceptors (Lipinski definition) is 7.